The lowest BCUT2D eigenvalue weighted by molar-refractivity contribution is -0.121. The fraction of sp³-hybridized carbons (Fsp3) is 0.500. The molecular weight excluding hydrogens is 268 g/mol. The Balaban J connectivity index is 2.05. The van der Waals surface area contributed by atoms with Gasteiger partial charge in [0.2, 0.25) is 5.91 Å². The van der Waals surface area contributed by atoms with E-state index in [1.165, 1.54) is 25.7 Å². The fourth-order valence-corrected chi connectivity index (χ4v) is 3.04. The zero-order valence-corrected chi connectivity index (χ0v) is 12.5. The number of benzene rings is 1. The normalized spacial score (nSPS) is 18.0. The summed E-state index contributed by atoms with van der Waals surface area (Å²) in [4.78, 5) is 12.7. The number of carbonyl (C=O) groups excluding carboxylic acids is 1. The van der Waals surface area contributed by atoms with Gasteiger partial charge in [-0.05, 0) is 18.4 Å². The number of thiocarbonyl (C=S) groups is 1. The van der Waals surface area contributed by atoms with Crippen LogP contribution in [0.2, 0.25) is 0 Å². The Kier molecular flexibility index (Phi) is 5.53. The lowest BCUT2D eigenvalue weighted by atomic mass is 9.97. The maximum Gasteiger partial charge on any atom is 0.234 e. The van der Waals surface area contributed by atoms with Gasteiger partial charge >= 0.3 is 0 Å². The fourth-order valence-electron chi connectivity index (χ4n) is 2.80. The van der Waals surface area contributed by atoms with E-state index >= 15 is 0 Å². The quantitative estimate of drug-likeness (QED) is 0.662. The third-order valence-corrected chi connectivity index (χ3v) is 4.12. The van der Waals surface area contributed by atoms with E-state index in [0.717, 1.165) is 18.4 Å². The van der Waals surface area contributed by atoms with Gasteiger partial charge in [-0.2, -0.15) is 0 Å². The molecule has 20 heavy (non-hydrogen) atoms. The van der Waals surface area contributed by atoms with Gasteiger partial charge in [0.25, 0.3) is 0 Å². The molecule has 0 radical (unpaired) electrons. The van der Waals surface area contributed by atoms with Crippen LogP contribution in [0.15, 0.2) is 30.3 Å². The molecule has 0 aliphatic heterocycles. The van der Waals surface area contributed by atoms with Gasteiger partial charge in [0.15, 0.2) is 0 Å². The van der Waals surface area contributed by atoms with Crippen LogP contribution in [0.4, 0.5) is 0 Å². The molecule has 0 saturated heterocycles. The van der Waals surface area contributed by atoms with Gasteiger partial charge in [0, 0.05) is 6.04 Å². The van der Waals surface area contributed by atoms with Gasteiger partial charge < -0.3 is 11.1 Å². The topological polar surface area (TPSA) is 55.1 Å². The molecule has 1 aromatic rings. The van der Waals surface area contributed by atoms with E-state index in [0.29, 0.717) is 0 Å². The first-order chi connectivity index (χ1) is 9.68. The summed E-state index contributed by atoms with van der Waals surface area (Å²) in [6.07, 6.45) is 7.03. The average Bonchev–Trinajstić information content (AvgIpc) is 2.68. The minimum absolute atomic E-state index is 0.0596. The van der Waals surface area contributed by atoms with Crippen LogP contribution in [-0.4, -0.2) is 16.9 Å². The van der Waals surface area contributed by atoms with E-state index < -0.39 is 5.92 Å². The summed E-state index contributed by atoms with van der Waals surface area (Å²) in [6.45, 7) is 0. The van der Waals surface area contributed by atoms with Crippen LogP contribution in [0.3, 0.4) is 0 Å². The van der Waals surface area contributed by atoms with Crippen LogP contribution in [0.1, 0.15) is 50.0 Å². The molecule has 108 valence electrons. The largest absolute Gasteiger partial charge is 0.392 e. The van der Waals surface area contributed by atoms with Gasteiger partial charge in [-0.1, -0.05) is 68.2 Å². The molecule has 1 amide bonds. The number of hydrogen-bond acceptors (Lipinski definition) is 2. The van der Waals surface area contributed by atoms with E-state index in [9.17, 15) is 4.79 Å². The van der Waals surface area contributed by atoms with Crippen molar-refractivity contribution >= 4 is 23.1 Å². The van der Waals surface area contributed by atoms with E-state index in [-0.39, 0.29) is 16.9 Å². The van der Waals surface area contributed by atoms with Crippen molar-refractivity contribution in [2.45, 2.75) is 50.5 Å². The highest BCUT2D eigenvalue weighted by Crippen LogP contribution is 2.20. The summed E-state index contributed by atoms with van der Waals surface area (Å²) in [6, 6.07) is 9.79. The van der Waals surface area contributed by atoms with Crippen LogP contribution in [0.5, 0.6) is 0 Å². The highest BCUT2D eigenvalue weighted by Gasteiger charge is 2.25. The van der Waals surface area contributed by atoms with E-state index in [1.807, 2.05) is 30.3 Å². The molecule has 3 nitrogen and oxygen atoms in total. The molecular formula is C16H22N2OS. The predicted octanol–water partition coefficient (Wildman–Crippen LogP) is 2.90. The summed E-state index contributed by atoms with van der Waals surface area (Å²) in [7, 11) is 0. The second kappa shape index (κ2) is 7.39. The van der Waals surface area contributed by atoms with Crippen molar-refractivity contribution in [1.29, 1.82) is 0 Å². The first-order valence-corrected chi connectivity index (χ1v) is 7.74. The second-order valence-electron chi connectivity index (χ2n) is 5.44. The van der Waals surface area contributed by atoms with Crippen molar-refractivity contribution < 1.29 is 4.79 Å². The molecule has 1 fully saturated rings. The van der Waals surface area contributed by atoms with E-state index in [2.05, 4.69) is 5.32 Å². The Morgan fingerprint density at radius 3 is 2.30 bits per heavy atom. The molecule has 0 spiro atoms. The van der Waals surface area contributed by atoms with E-state index in [1.54, 1.807) is 0 Å². The molecule has 4 heteroatoms. The molecule has 2 rings (SSSR count). The monoisotopic (exact) mass is 290 g/mol. The van der Waals surface area contributed by atoms with E-state index in [4.69, 9.17) is 18.0 Å². The summed E-state index contributed by atoms with van der Waals surface area (Å²) in [5.74, 6) is -0.579. The number of rotatable bonds is 4. The summed E-state index contributed by atoms with van der Waals surface area (Å²) in [5, 5.41) is 3.13. The molecule has 1 unspecified atom stereocenters. The summed E-state index contributed by atoms with van der Waals surface area (Å²) in [5.41, 5.74) is 6.64. The first-order valence-electron chi connectivity index (χ1n) is 7.33. The maximum absolute atomic E-state index is 12.5. The third kappa shape index (κ3) is 4.04. The molecule has 0 bridgehead atoms. The minimum atomic E-state index is -0.519. The molecule has 3 N–H and O–H groups in total. The third-order valence-electron chi connectivity index (χ3n) is 3.88. The zero-order chi connectivity index (χ0) is 14.4. The highest BCUT2D eigenvalue weighted by atomic mass is 32.1. The molecule has 1 aliphatic carbocycles. The van der Waals surface area contributed by atoms with Gasteiger partial charge in [-0.3, -0.25) is 4.79 Å². The van der Waals surface area contributed by atoms with Crippen molar-refractivity contribution in [2.24, 2.45) is 5.73 Å². The average molecular weight is 290 g/mol. The van der Waals surface area contributed by atoms with Crippen LogP contribution in [-0.2, 0) is 4.79 Å². The molecule has 0 heterocycles. The summed E-state index contributed by atoms with van der Waals surface area (Å²) >= 11 is 5.09. The number of nitrogens with one attached hydrogen (secondary N) is 1. The number of nitrogens with two attached hydrogens (primary N) is 1. The Morgan fingerprint density at radius 1 is 1.15 bits per heavy atom. The Bertz CT molecular complexity index is 453. The van der Waals surface area contributed by atoms with Crippen LogP contribution in [0.25, 0.3) is 0 Å². The lowest BCUT2D eigenvalue weighted by Gasteiger charge is -2.21. The predicted molar refractivity (Wildman–Crippen MR) is 85.6 cm³/mol. The lowest BCUT2D eigenvalue weighted by Crippen LogP contribution is -2.41. The molecule has 0 aromatic heterocycles. The van der Waals surface area contributed by atoms with Gasteiger partial charge in [0.05, 0.1) is 4.99 Å². The minimum Gasteiger partial charge on any atom is -0.392 e. The Hall–Kier alpha value is -1.42. The molecule has 1 aromatic carbocycles. The van der Waals surface area contributed by atoms with Crippen molar-refractivity contribution in [3.63, 3.8) is 0 Å². The van der Waals surface area contributed by atoms with Gasteiger partial charge in [0.1, 0.15) is 5.92 Å². The highest BCUT2D eigenvalue weighted by molar-refractivity contribution is 7.80. The van der Waals surface area contributed by atoms with Crippen LogP contribution >= 0.6 is 12.2 Å². The standard InChI is InChI=1S/C16H22N2OS/c17-15(20)14(12-8-4-3-5-9-12)16(19)18-13-10-6-1-2-7-11-13/h3-5,8-9,13-14H,1-2,6-7,10-11H2,(H2,17,20)(H,18,19). The molecule has 1 aliphatic rings. The SMILES string of the molecule is NC(=S)C(C(=O)NC1CCCCCC1)c1ccccc1. The first kappa shape index (κ1) is 15.0. The molecule has 1 saturated carbocycles. The smallest absolute Gasteiger partial charge is 0.234 e. The van der Waals surface area contributed by atoms with Gasteiger partial charge in [-0.25, -0.2) is 0 Å². The maximum atomic E-state index is 12.5. The van der Waals surface area contributed by atoms with Crippen LogP contribution in [0, 0.1) is 0 Å². The van der Waals surface area contributed by atoms with Crippen molar-refractivity contribution in [3.8, 4) is 0 Å². The number of carbonyl (C=O) groups is 1. The number of amides is 1. The Labute approximate surface area is 125 Å². The second-order valence-corrected chi connectivity index (χ2v) is 5.91. The zero-order valence-electron chi connectivity index (χ0n) is 11.7. The number of hydrogen-bond donors (Lipinski definition) is 2. The molecule has 1 atom stereocenters. The van der Waals surface area contributed by atoms with Gasteiger partial charge in [-0.15, -0.1) is 0 Å². The Morgan fingerprint density at radius 2 is 1.75 bits per heavy atom. The van der Waals surface area contributed by atoms with Crippen molar-refractivity contribution in [1.82, 2.24) is 5.32 Å². The van der Waals surface area contributed by atoms with Crippen LogP contribution < -0.4 is 11.1 Å². The van der Waals surface area contributed by atoms with Crippen molar-refractivity contribution in [2.75, 3.05) is 0 Å². The van der Waals surface area contributed by atoms with Crippen molar-refractivity contribution in [3.05, 3.63) is 35.9 Å². The summed E-state index contributed by atoms with van der Waals surface area (Å²) < 4.78 is 0.